The number of benzene rings is 1. The molecule has 0 spiro atoms. The zero-order valence-corrected chi connectivity index (χ0v) is 14.8. The van der Waals surface area contributed by atoms with Crippen LogP contribution in [0.15, 0.2) is 42.7 Å². The number of hydrogen-bond donors (Lipinski definition) is 0. The third-order valence-electron chi connectivity index (χ3n) is 4.56. The normalized spacial score (nSPS) is 13.3. The zero-order chi connectivity index (χ0) is 18.8. The van der Waals surface area contributed by atoms with E-state index in [1.807, 2.05) is 6.07 Å². The van der Waals surface area contributed by atoms with Crippen LogP contribution in [0.4, 0.5) is 4.39 Å². The largest absolute Gasteiger partial charge is 0.486 e. The Morgan fingerprint density at radius 2 is 2.19 bits per heavy atom. The van der Waals surface area contributed by atoms with E-state index >= 15 is 0 Å². The third kappa shape index (κ3) is 3.51. The van der Waals surface area contributed by atoms with Crippen LogP contribution in [-0.2, 0) is 19.7 Å². The van der Waals surface area contributed by atoms with Gasteiger partial charge in [-0.3, -0.25) is 9.78 Å². The van der Waals surface area contributed by atoms with Crippen molar-refractivity contribution in [1.29, 1.82) is 0 Å². The Morgan fingerprint density at radius 3 is 2.96 bits per heavy atom. The van der Waals surface area contributed by atoms with Gasteiger partial charge < -0.3 is 9.64 Å². The van der Waals surface area contributed by atoms with Crippen molar-refractivity contribution in [2.45, 2.75) is 26.6 Å². The zero-order valence-electron chi connectivity index (χ0n) is 14.8. The molecule has 27 heavy (non-hydrogen) atoms. The number of ether oxygens (including phenoxy) is 1. The van der Waals surface area contributed by atoms with Crippen molar-refractivity contribution in [2.24, 2.45) is 0 Å². The van der Waals surface area contributed by atoms with Crippen molar-refractivity contribution in [3.63, 3.8) is 0 Å². The molecule has 1 aliphatic heterocycles. The molecular weight excluding hydrogens is 349 g/mol. The van der Waals surface area contributed by atoms with E-state index in [0.717, 1.165) is 5.69 Å². The summed E-state index contributed by atoms with van der Waals surface area (Å²) in [6.45, 7) is 3.29. The van der Waals surface area contributed by atoms with Crippen LogP contribution in [0, 0.1) is 12.7 Å². The lowest BCUT2D eigenvalue weighted by atomic mass is 10.1. The van der Waals surface area contributed by atoms with E-state index in [-0.39, 0.29) is 18.3 Å². The summed E-state index contributed by atoms with van der Waals surface area (Å²) in [5.41, 5.74) is 2.35. The fourth-order valence-electron chi connectivity index (χ4n) is 2.97. The minimum Gasteiger partial charge on any atom is -0.486 e. The molecule has 138 valence electrons. The molecule has 0 fully saturated rings. The predicted molar refractivity (Wildman–Crippen MR) is 94.5 cm³/mol. The number of carbonyl (C=O) groups excluding carboxylic acids is 1. The van der Waals surface area contributed by atoms with E-state index in [2.05, 4.69) is 15.3 Å². The second kappa shape index (κ2) is 7.14. The van der Waals surface area contributed by atoms with Crippen LogP contribution in [0.3, 0.4) is 0 Å². The van der Waals surface area contributed by atoms with Gasteiger partial charge >= 0.3 is 0 Å². The molecule has 8 heteroatoms. The average molecular weight is 367 g/mol. The molecular formula is C19H18FN5O2. The first kappa shape index (κ1) is 17.1. The minimum absolute atomic E-state index is 0.208. The molecule has 0 aliphatic carbocycles. The van der Waals surface area contributed by atoms with E-state index in [4.69, 9.17) is 4.74 Å². The highest BCUT2D eigenvalue weighted by atomic mass is 19.1. The van der Waals surface area contributed by atoms with Gasteiger partial charge in [0.05, 0.1) is 25.0 Å². The number of nitrogens with zero attached hydrogens (tertiary/aromatic N) is 5. The van der Waals surface area contributed by atoms with E-state index < -0.39 is 0 Å². The minimum atomic E-state index is -0.380. The first-order chi connectivity index (χ1) is 13.1. The Kier molecular flexibility index (Phi) is 4.53. The highest BCUT2D eigenvalue weighted by Crippen LogP contribution is 2.20. The van der Waals surface area contributed by atoms with Crippen molar-refractivity contribution in [3.8, 4) is 5.75 Å². The average Bonchev–Trinajstić information content (AvgIpc) is 3.11. The second-order valence-corrected chi connectivity index (χ2v) is 6.37. The van der Waals surface area contributed by atoms with Crippen LogP contribution < -0.4 is 4.74 Å². The number of amides is 1. The number of aromatic nitrogens is 4. The van der Waals surface area contributed by atoms with Crippen LogP contribution in [0.5, 0.6) is 5.75 Å². The SMILES string of the molecule is Cc1ccc(C(=O)N2CCn3nnc(COc4cccnc4)c3C2)cc1F. The lowest BCUT2D eigenvalue weighted by Gasteiger charge is -2.28. The summed E-state index contributed by atoms with van der Waals surface area (Å²) in [5, 5.41) is 8.31. The Balaban J connectivity index is 1.49. The summed E-state index contributed by atoms with van der Waals surface area (Å²) in [6, 6.07) is 8.15. The first-order valence-corrected chi connectivity index (χ1v) is 8.61. The number of hydrogen-bond acceptors (Lipinski definition) is 5. The van der Waals surface area contributed by atoms with E-state index in [1.165, 1.54) is 6.07 Å². The van der Waals surface area contributed by atoms with Crippen molar-refractivity contribution in [3.05, 3.63) is 71.1 Å². The fraction of sp³-hybridized carbons (Fsp3) is 0.263. The number of carbonyl (C=O) groups is 1. The number of fused-ring (bicyclic) bond motifs is 1. The molecule has 3 heterocycles. The molecule has 0 N–H and O–H groups in total. The maximum atomic E-state index is 13.8. The summed E-state index contributed by atoms with van der Waals surface area (Å²) >= 11 is 0. The maximum Gasteiger partial charge on any atom is 0.254 e. The predicted octanol–water partition coefficient (Wildman–Crippen LogP) is 2.36. The lowest BCUT2D eigenvalue weighted by Crippen LogP contribution is -2.38. The molecule has 3 aromatic rings. The van der Waals surface area contributed by atoms with Crippen LogP contribution in [-0.4, -0.2) is 37.3 Å². The summed E-state index contributed by atoms with van der Waals surface area (Å²) in [6.07, 6.45) is 3.29. The molecule has 0 unspecified atom stereocenters. The number of rotatable bonds is 4. The molecule has 4 rings (SSSR count). The van der Waals surface area contributed by atoms with E-state index in [1.54, 1.807) is 47.1 Å². The molecule has 2 aromatic heterocycles. The van der Waals surface area contributed by atoms with Gasteiger partial charge in [-0.15, -0.1) is 5.10 Å². The van der Waals surface area contributed by atoms with Crippen LogP contribution >= 0.6 is 0 Å². The van der Waals surface area contributed by atoms with Gasteiger partial charge in [0.25, 0.3) is 5.91 Å². The highest BCUT2D eigenvalue weighted by molar-refractivity contribution is 5.94. The maximum absolute atomic E-state index is 13.8. The molecule has 7 nitrogen and oxygen atoms in total. The Labute approximate surface area is 155 Å². The lowest BCUT2D eigenvalue weighted by molar-refractivity contribution is 0.0704. The van der Waals surface area contributed by atoms with Crippen LogP contribution in [0.25, 0.3) is 0 Å². The standard InChI is InChI=1S/C19H18FN5O2/c1-13-4-5-14(9-16(13)20)19(26)24-7-8-25-18(11-24)17(22-23-25)12-27-15-3-2-6-21-10-15/h2-6,9-10H,7-8,11-12H2,1H3. The third-order valence-corrected chi connectivity index (χ3v) is 4.56. The second-order valence-electron chi connectivity index (χ2n) is 6.37. The highest BCUT2D eigenvalue weighted by Gasteiger charge is 2.26. The van der Waals surface area contributed by atoms with Crippen molar-refractivity contribution in [2.75, 3.05) is 6.54 Å². The van der Waals surface area contributed by atoms with Gasteiger partial charge in [-0.25, -0.2) is 9.07 Å². The Morgan fingerprint density at radius 1 is 1.30 bits per heavy atom. The Bertz CT molecular complexity index is 973. The van der Waals surface area contributed by atoms with E-state index in [9.17, 15) is 9.18 Å². The molecule has 0 saturated heterocycles. The molecule has 0 atom stereocenters. The number of aryl methyl sites for hydroxylation is 1. The molecule has 1 aromatic carbocycles. The van der Waals surface area contributed by atoms with Crippen molar-refractivity contribution in [1.82, 2.24) is 24.9 Å². The summed E-state index contributed by atoms with van der Waals surface area (Å²) in [4.78, 5) is 18.4. The molecule has 1 aliphatic rings. The summed E-state index contributed by atoms with van der Waals surface area (Å²) in [7, 11) is 0. The molecule has 0 radical (unpaired) electrons. The van der Waals surface area contributed by atoms with Gasteiger partial charge in [-0.05, 0) is 36.8 Å². The summed E-state index contributed by atoms with van der Waals surface area (Å²) in [5.74, 6) is 0.0497. The van der Waals surface area contributed by atoms with Gasteiger partial charge in [-0.1, -0.05) is 11.3 Å². The van der Waals surface area contributed by atoms with Crippen LogP contribution in [0.1, 0.15) is 27.3 Å². The van der Waals surface area contributed by atoms with Gasteiger partial charge in [-0.2, -0.15) is 0 Å². The molecule has 0 saturated carbocycles. The molecule has 0 bridgehead atoms. The topological polar surface area (TPSA) is 73.1 Å². The number of pyridine rings is 1. The quantitative estimate of drug-likeness (QED) is 0.708. The van der Waals surface area contributed by atoms with E-state index in [0.29, 0.717) is 42.2 Å². The monoisotopic (exact) mass is 367 g/mol. The summed E-state index contributed by atoms with van der Waals surface area (Å²) < 4.78 is 21.3. The number of halogens is 1. The van der Waals surface area contributed by atoms with Gasteiger partial charge in [0.15, 0.2) is 0 Å². The van der Waals surface area contributed by atoms with Crippen molar-refractivity contribution >= 4 is 5.91 Å². The van der Waals surface area contributed by atoms with Gasteiger partial charge in [0, 0.05) is 18.3 Å². The van der Waals surface area contributed by atoms with Crippen LogP contribution in [0.2, 0.25) is 0 Å². The first-order valence-electron chi connectivity index (χ1n) is 8.61. The molecule has 1 amide bonds. The van der Waals surface area contributed by atoms with Gasteiger partial charge in [0.1, 0.15) is 23.9 Å². The Hall–Kier alpha value is -3.29. The van der Waals surface area contributed by atoms with Gasteiger partial charge in [0.2, 0.25) is 0 Å². The van der Waals surface area contributed by atoms with Crippen molar-refractivity contribution < 1.29 is 13.9 Å². The smallest absolute Gasteiger partial charge is 0.254 e. The fourth-order valence-corrected chi connectivity index (χ4v) is 2.97.